The molecule has 0 saturated heterocycles. The molecule has 0 radical (unpaired) electrons. The molecule has 0 aromatic carbocycles. The van der Waals surface area contributed by atoms with Crippen LogP contribution in [0.2, 0.25) is 0 Å². The lowest BCUT2D eigenvalue weighted by molar-refractivity contribution is 0.102. The Bertz CT molecular complexity index is 627. The fourth-order valence-electron chi connectivity index (χ4n) is 2.55. The van der Waals surface area contributed by atoms with Gasteiger partial charge >= 0.3 is 0 Å². The Kier molecular flexibility index (Phi) is 2.85. The van der Waals surface area contributed by atoms with Crippen molar-refractivity contribution in [1.82, 2.24) is 14.9 Å². The van der Waals surface area contributed by atoms with Gasteiger partial charge in [-0.15, -0.1) is 0 Å². The van der Waals surface area contributed by atoms with E-state index in [4.69, 9.17) is 4.52 Å². The maximum Gasteiger partial charge on any atom is 0.262 e. The highest BCUT2D eigenvalue weighted by Crippen LogP contribution is 2.28. The molecule has 1 aliphatic carbocycles. The lowest BCUT2D eigenvalue weighted by Crippen LogP contribution is -2.16. The summed E-state index contributed by atoms with van der Waals surface area (Å²) in [5.41, 5.74) is 3.43. The lowest BCUT2D eigenvalue weighted by atomic mass is 10.2. The molecular weight excluding hydrogens is 244 g/mol. The predicted octanol–water partition coefficient (Wildman–Crippen LogP) is 1.71. The predicted molar refractivity (Wildman–Crippen MR) is 69.1 cm³/mol. The molecule has 2 aromatic rings. The van der Waals surface area contributed by atoms with Crippen LogP contribution in [0.5, 0.6) is 0 Å². The fraction of sp³-hybridized carbons (Fsp3) is 0.462. The van der Waals surface area contributed by atoms with Crippen LogP contribution < -0.4 is 5.32 Å². The van der Waals surface area contributed by atoms with Crippen LogP contribution in [0.15, 0.2) is 10.8 Å². The minimum absolute atomic E-state index is 0.184. The van der Waals surface area contributed by atoms with Gasteiger partial charge in [0.05, 0.1) is 11.4 Å². The van der Waals surface area contributed by atoms with Crippen molar-refractivity contribution < 1.29 is 9.32 Å². The summed E-state index contributed by atoms with van der Waals surface area (Å²) in [5, 5.41) is 11.2. The van der Waals surface area contributed by atoms with Crippen molar-refractivity contribution in [3.05, 3.63) is 28.8 Å². The van der Waals surface area contributed by atoms with Crippen LogP contribution in [-0.4, -0.2) is 20.8 Å². The average molecular weight is 260 g/mol. The number of aromatic nitrogens is 3. The topological polar surface area (TPSA) is 73.0 Å². The summed E-state index contributed by atoms with van der Waals surface area (Å²) in [4.78, 5) is 12.3. The van der Waals surface area contributed by atoms with Crippen molar-refractivity contribution in [2.45, 2.75) is 32.6 Å². The summed E-state index contributed by atoms with van der Waals surface area (Å²) in [7, 11) is 1.85. The van der Waals surface area contributed by atoms with Gasteiger partial charge in [0, 0.05) is 12.6 Å². The Morgan fingerprint density at radius 3 is 3.16 bits per heavy atom. The fourth-order valence-corrected chi connectivity index (χ4v) is 2.55. The first-order chi connectivity index (χ1) is 9.20. The number of nitrogens with one attached hydrogen (secondary N) is 1. The van der Waals surface area contributed by atoms with Crippen molar-refractivity contribution in [1.29, 1.82) is 0 Å². The van der Waals surface area contributed by atoms with Crippen LogP contribution in [0.3, 0.4) is 0 Å². The third-order valence-electron chi connectivity index (χ3n) is 3.52. The van der Waals surface area contributed by atoms with E-state index in [9.17, 15) is 4.79 Å². The Morgan fingerprint density at radius 2 is 2.37 bits per heavy atom. The number of aryl methyl sites for hydroxylation is 3. The number of fused-ring (bicyclic) bond motifs is 1. The van der Waals surface area contributed by atoms with Crippen molar-refractivity contribution in [2.24, 2.45) is 7.05 Å². The van der Waals surface area contributed by atoms with Gasteiger partial charge < -0.3 is 9.84 Å². The maximum absolute atomic E-state index is 12.3. The quantitative estimate of drug-likeness (QED) is 0.911. The van der Waals surface area contributed by atoms with Gasteiger partial charge in [0.25, 0.3) is 5.91 Å². The third kappa shape index (κ3) is 1.93. The highest BCUT2D eigenvalue weighted by Gasteiger charge is 2.23. The van der Waals surface area contributed by atoms with E-state index in [-0.39, 0.29) is 5.91 Å². The first-order valence-corrected chi connectivity index (χ1v) is 6.50. The van der Waals surface area contributed by atoms with Crippen LogP contribution in [0.1, 0.15) is 40.7 Å². The summed E-state index contributed by atoms with van der Waals surface area (Å²) in [5.74, 6) is 0.608. The van der Waals surface area contributed by atoms with Crippen LogP contribution in [0.4, 0.5) is 5.82 Å². The van der Waals surface area contributed by atoms with E-state index < -0.39 is 0 Å². The molecular formula is C13H16N4O2. The number of nitrogens with zero attached hydrogens (tertiary/aromatic N) is 3. The molecule has 0 aliphatic heterocycles. The Morgan fingerprint density at radius 1 is 1.53 bits per heavy atom. The van der Waals surface area contributed by atoms with E-state index in [1.807, 2.05) is 14.0 Å². The molecule has 6 nitrogen and oxygen atoms in total. The number of anilines is 1. The van der Waals surface area contributed by atoms with Gasteiger partial charge in [0.1, 0.15) is 17.6 Å². The van der Waals surface area contributed by atoms with Crippen molar-refractivity contribution in [3.8, 4) is 0 Å². The molecule has 6 heteroatoms. The molecule has 0 saturated carbocycles. The minimum atomic E-state index is -0.184. The van der Waals surface area contributed by atoms with Gasteiger partial charge in [0.15, 0.2) is 0 Å². The van der Waals surface area contributed by atoms with E-state index >= 15 is 0 Å². The largest absolute Gasteiger partial charge is 0.364 e. The highest BCUT2D eigenvalue weighted by atomic mass is 16.5. The summed E-state index contributed by atoms with van der Waals surface area (Å²) in [6.07, 6.45) is 5.14. The number of carbonyl (C=O) groups excluding carboxylic acids is 1. The summed E-state index contributed by atoms with van der Waals surface area (Å²) in [6.45, 7) is 1.94. The third-order valence-corrected chi connectivity index (χ3v) is 3.52. The van der Waals surface area contributed by atoms with Crippen LogP contribution in [-0.2, 0) is 26.3 Å². The molecule has 0 bridgehead atoms. The smallest absolute Gasteiger partial charge is 0.262 e. The normalized spacial score (nSPS) is 13.6. The van der Waals surface area contributed by atoms with Gasteiger partial charge in [-0.1, -0.05) is 12.1 Å². The SMILES string of the molecule is CCc1nocc1C(=O)Nc1c2c(nn1C)CCC2. The Labute approximate surface area is 110 Å². The van der Waals surface area contributed by atoms with Gasteiger partial charge in [-0.05, 0) is 25.7 Å². The van der Waals surface area contributed by atoms with Crippen molar-refractivity contribution >= 4 is 11.7 Å². The second-order valence-corrected chi connectivity index (χ2v) is 4.73. The second kappa shape index (κ2) is 4.53. The molecule has 1 amide bonds. The maximum atomic E-state index is 12.3. The number of hydrogen-bond acceptors (Lipinski definition) is 4. The second-order valence-electron chi connectivity index (χ2n) is 4.73. The zero-order valence-corrected chi connectivity index (χ0v) is 11.1. The standard InChI is InChI=1S/C13H16N4O2/c1-3-10-9(7-19-16-10)13(18)14-12-8-5-4-6-11(8)15-17(12)2/h7H,3-6H2,1-2H3,(H,14,18). The molecule has 100 valence electrons. The van der Waals surface area contributed by atoms with Gasteiger partial charge in [0.2, 0.25) is 0 Å². The molecule has 1 N–H and O–H groups in total. The van der Waals surface area contributed by atoms with Crippen molar-refractivity contribution in [2.75, 3.05) is 5.32 Å². The van der Waals surface area contributed by atoms with E-state index in [2.05, 4.69) is 15.6 Å². The summed E-state index contributed by atoms with van der Waals surface area (Å²) >= 11 is 0. The van der Waals surface area contributed by atoms with E-state index in [0.29, 0.717) is 17.7 Å². The zero-order chi connectivity index (χ0) is 13.4. The Balaban J connectivity index is 1.88. The Hall–Kier alpha value is -2.11. The molecule has 1 aliphatic rings. The first kappa shape index (κ1) is 12.0. The number of hydrogen-bond donors (Lipinski definition) is 1. The van der Waals surface area contributed by atoms with E-state index in [1.165, 1.54) is 6.26 Å². The minimum Gasteiger partial charge on any atom is -0.364 e. The van der Waals surface area contributed by atoms with Gasteiger partial charge in [-0.3, -0.25) is 9.48 Å². The molecule has 19 heavy (non-hydrogen) atoms. The van der Waals surface area contributed by atoms with Crippen LogP contribution >= 0.6 is 0 Å². The first-order valence-electron chi connectivity index (χ1n) is 6.50. The van der Waals surface area contributed by atoms with Crippen LogP contribution in [0.25, 0.3) is 0 Å². The lowest BCUT2D eigenvalue weighted by Gasteiger charge is -2.06. The average Bonchev–Trinajstić information content (AvgIpc) is 3.07. The van der Waals surface area contributed by atoms with E-state index in [0.717, 1.165) is 36.3 Å². The molecule has 0 spiro atoms. The molecule has 3 rings (SSSR count). The number of carbonyl (C=O) groups is 1. The number of amides is 1. The van der Waals surface area contributed by atoms with Crippen LogP contribution in [0, 0.1) is 0 Å². The molecule has 2 heterocycles. The zero-order valence-electron chi connectivity index (χ0n) is 11.1. The number of rotatable bonds is 3. The van der Waals surface area contributed by atoms with E-state index in [1.54, 1.807) is 4.68 Å². The summed E-state index contributed by atoms with van der Waals surface area (Å²) in [6, 6.07) is 0. The molecule has 2 aromatic heterocycles. The highest BCUT2D eigenvalue weighted by molar-refractivity contribution is 6.04. The van der Waals surface area contributed by atoms with Gasteiger partial charge in [-0.25, -0.2) is 0 Å². The summed E-state index contributed by atoms with van der Waals surface area (Å²) < 4.78 is 6.60. The van der Waals surface area contributed by atoms with Gasteiger partial charge in [-0.2, -0.15) is 5.10 Å². The van der Waals surface area contributed by atoms with Crippen molar-refractivity contribution in [3.63, 3.8) is 0 Å². The molecule has 0 fully saturated rings. The molecule has 0 atom stereocenters. The monoisotopic (exact) mass is 260 g/mol. The molecule has 0 unspecified atom stereocenters.